The Labute approximate surface area is 266 Å². The number of benzene rings is 2. The van der Waals surface area contributed by atoms with Gasteiger partial charge in [0.1, 0.15) is 5.75 Å². The minimum absolute atomic E-state index is 0.0703. The number of amides is 2. The number of hydrogen-bond donors (Lipinski definition) is 1. The van der Waals surface area contributed by atoms with Crippen molar-refractivity contribution < 1.29 is 22.7 Å². The zero-order chi connectivity index (χ0) is 31.8. The predicted octanol–water partition coefficient (Wildman–Crippen LogP) is 5.79. The van der Waals surface area contributed by atoms with Crippen LogP contribution in [0.2, 0.25) is 0 Å². The van der Waals surface area contributed by atoms with Gasteiger partial charge in [-0.15, -0.1) is 0 Å². The fourth-order valence-corrected chi connectivity index (χ4v) is 9.08. The first-order chi connectivity index (χ1) is 21.5. The Kier molecular flexibility index (Phi) is 7.32. The quantitative estimate of drug-likeness (QED) is 0.371. The van der Waals surface area contributed by atoms with E-state index in [0.717, 1.165) is 69.9 Å². The normalized spacial score (nSPS) is 26.3. The maximum Gasteiger partial charge on any atom is 0.303 e. The first kappa shape index (κ1) is 30.3. The van der Waals surface area contributed by atoms with Crippen molar-refractivity contribution in [3.05, 3.63) is 53.1 Å². The fraction of sp³-hybridized carbons (Fsp3) is 0.543. The van der Waals surface area contributed by atoms with Crippen molar-refractivity contribution in [2.75, 3.05) is 21.2 Å². The summed E-state index contributed by atoms with van der Waals surface area (Å²) in [4.78, 5) is 30.1. The first-order valence-electron chi connectivity index (χ1n) is 16.4. The van der Waals surface area contributed by atoms with Gasteiger partial charge in [0.25, 0.3) is 5.91 Å². The molecule has 4 unspecified atom stereocenters. The maximum atomic E-state index is 14.7. The molecular formula is C35H44N4O5S. The Morgan fingerprint density at radius 3 is 2.36 bits per heavy atom. The van der Waals surface area contributed by atoms with Gasteiger partial charge in [-0.25, -0.2) is 4.72 Å². The van der Waals surface area contributed by atoms with Gasteiger partial charge in [-0.05, 0) is 93.3 Å². The van der Waals surface area contributed by atoms with Gasteiger partial charge in [0, 0.05) is 60.7 Å². The van der Waals surface area contributed by atoms with Crippen LogP contribution in [0.15, 0.2) is 36.4 Å². The van der Waals surface area contributed by atoms with Crippen LogP contribution in [0, 0.1) is 5.41 Å². The van der Waals surface area contributed by atoms with Crippen LogP contribution in [-0.2, 0) is 21.5 Å². The summed E-state index contributed by atoms with van der Waals surface area (Å²) in [5.41, 5.74) is 5.28. The van der Waals surface area contributed by atoms with Crippen molar-refractivity contribution in [2.45, 2.75) is 95.7 Å². The number of carbonyl (C=O) groups excluding carboxylic acids is 2. The Morgan fingerprint density at radius 1 is 0.978 bits per heavy atom. The van der Waals surface area contributed by atoms with Gasteiger partial charge < -0.3 is 14.2 Å². The number of likely N-dealkylation sites (tertiary alicyclic amines) is 1. The molecule has 1 N–H and O–H groups in total. The highest BCUT2D eigenvalue weighted by Gasteiger charge is 2.64. The predicted molar refractivity (Wildman–Crippen MR) is 175 cm³/mol. The summed E-state index contributed by atoms with van der Waals surface area (Å²) < 4.78 is 36.3. The summed E-state index contributed by atoms with van der Waals surface area (Å²) in [5.74, 6) is 0.768. The zero-order valence-electron chi connectivity index (χ0n) is 26.9. The number of fused-ring (bicyclic) bond motifs is 7. The van der Waals surface area contributed by atoms with Crippen LogP contribution < -0.4 is 9.46 Å². The highest BCUT2D eigenvalue weighted by Crippen LogP contribution is 2.66. The summed E-state index contributed by atoms with van der Waals surface area (Å²) in [6.07, 6.45) is 8.55. The summed E-state index contributed by atoms with van der Waals surface area (Å²) in [6, 6.07) is 12.3. The lowest BCUT2D eigenvalue weighted by molar-refractivity contribution is -0.140. The maximum absolute atomic E-state index is 14.7. The molecule has 10 heteroatoms. The van der Waals surface area contributed by atoms with Crippen molar-refractivity contribution >= 4 is 32.9 Å². The van der Waals surface area contributed by atoms with Crippen LogP contribution in [0.25, 0.3) is 22.2 Å². The smallest absolute Gasteiger partial charge is 0.303 e. The van der Waals surface area contributed by atoms with E-state index < -0.39 is 21.5 Å². The van der Waals surface area contributed by atoms with E-state index in [-0.39, 0.29) is 29.5 Å². The SMILES string of the molecule is COc1ccc2c(c1)C1CC1(C(=O)N1C(C)CCC1C)Cn1c-2c(C2CCCCC2)c2ccc(C(=O)NS(=O)(=O)N(C)C)cc21. The lowest BCUT2D eigenvalue weighted by Crippen LogP contribution is -2.45. The van der Waals surface area contributed by atoms with Gasteiger partial charge in [0.2, 0.25) is 5.91 Å². The summed E-state index contributed by atoms with van der Waals surface area (Å²) >= 11 is 0. The van der Waals surface area contributed by atoms with E-state index in [1.165, 1.54) is 38.9 Å². The van der Waals surface area contributed by atoms with Gasteiger partial charge in [-0.2, -0.15) is 12.7 Å². The van der Waals surface area contributed by atoms with Crippen molar-refractivity contribution in [2.24, 2.45) is 5.41 Å². The largest absolute Gasteiger partial charge is 0.497 e. The molecule has 3 aromatic rings. The Morgan fingerprint density at radius 2 is 1.69 bits per heavy atom. The van der Waals surface area contributed by atoms with E-state index in [0.29, 0.717) is 12.5 Å². The third-order valence-electron chi connectivity index (χ3n) is 11.1. The second-order valence-electron chi connectivity index (χ2n) is 14.0. The highest BCUT2D eigenvalue weighted by atomic mass is 32.2. The van der Waals surface area contributed by atoms with E-state index in [9.17, 15) is 18.0 Å². The highest BCUT2D eigenvalue weighted by molar-refractivity contribution is 7.87. The lowest BCUT2D eigenvalue weighted by Gasteiger charge is -2.31. The number of methoxy groups -OCH3 is 1. The average Bonchev–Trinajstić information content (AvgIpc) is 3.57. The number of ether oxygens (including phenoxy) is 1. The average molecular weight is 633 g/mol. The van der Waals surface area contributed by atoms with Crippen LogP contribution >= 0.6 is 0 Å². The Bertz CT molecular complexity index is 1800. The molecule has 0 spiro atoms. The molecular weight excluding hydrogens is 588 g/mol. The third-order valence-corrected chi connectivity index (χ3v) is 12.5. The fourth-order valence-electron chi connectivity index (χ4n) is 8.54. The van der Waals surface area contributed by atoms with Crippen LogP contribution in [0.3, 0.4) is 0 Å². The molecule has 45 heavy (non-hydrogen) atoms. The molecule has 2 saturated carbocycles. The molecule has 3 heterocycles. The molecule has 240 valence electrons. The van der Waals surface area contributed by atoms with Crippen LogP contribution in [0.5, 0.6) is 5.75 Å². The minimum Gasteiger partial charge on any atom is -0.497 e. The summed E-state index contributed by atoms with van der Waals surface area (Å²) in [6.45, 7) is 4.84. The molecule has 2 aliphatic heterocycles. The molecule has 1 saturated heterocycles. The molecule has 4 aliphatic rings. The molecule has 2 amide bonds. The zero-order valence-corrected chi connectivity index (χ0v) is 27.7. The number of hydrogen-bond acceptors (Lipinski definition) is 5. The van der Waals surface area contributed by atoms with Crippen molar-refractivity contribution in [3.8, 4) is 17.0 Å². The van der Waals surface area contributed by atoms with E-state index in [4.69, 9.17) is 4.74 Å². The molecule has 7 rings (SSSR count). The molecule has 2 aliphatic carbocycles. The van der Waals surface area contributed by atoms with Crippen molar-refractivity contribution in [1.29, 1.82) is 0 Å². The van der Waals surface area contributed by atoms with Crippen LogP contribution in [0.4, 0.5) is 0 Å². The second-order valence-corrected chi connectivity index (χ2v) is 15.9. The molecule has 9 nitrogen and oxygen atoms in total. The number of rotatable bonds is 6. The van der Waals surface area contributed by atoms with E-state index in [1.54, 1.807) is 13.2 Å². The standard InChI is InChI=1S/C35H44N4O5S/c1-21-11-12-22(2)39(21)34(41)35-19-29(35)28-18-25(44-5)14-16-26(28)32-31(23-9-7-6-8-10-23)27-15-13-24(17-30(27)38(32)20-35)33(40)36-45(42,43)37(3)4/h13-18,21-23,29H,6-12,19-20H2,1-5H3,(H,36,40). The Balaban J connectivity index is 1.45. The van der Waals surface area contributed by atoms with Gasteiger partial charge in [0.05, 0.1) is 18.2 Å². The van der Waals surface area contributed by atoms with Gasteiger partial charge in [-0.3, -0.25) is 9.59 Å². The minimum atomic E-state index is -3.96. The van der Waals surface area contributed by atoms with Gasteiger partial charge >= 0.3 is 10.2 Å². The molecule has 4 atom stereocenters. The molecule has 2 aromatic carbocycles. The van der Waals surface area contributed by atoms with Gasteiger partial charge in [0.15, 0.2) is 0 Å². The van der Waals surface area contributed by atoms with E-state index in [2.05, 4.69) is 40.2 Å². The molecule has 0 bridgehead atoms. The van der Waals surface area contributed by atoms with Crippen molar-refractivity contribution in [3.63, 3.8) is 0 Å². The van der Waals surface area contributed by atoms with Crippen LogP contribution in [0.1, 0.15) is 98.5 Å². The topological polar surface area (TPSA) is 101 Å². The van der Waals surface area contributed by atoms with Gasteiger partial charge in [-0.1, -0.05) is 25.3 Å². The number of nitrogens with one attached hydrogen (secondary N) is 1. The summed E-state index contributed by atoms with van der Waals surface area (Å²) in [5, 5.41) is 1.08. The van der Waals surface area contributed by atoms with E-state index in [1.807, 2.05) is 18.2 Å². The molecule has 3 fully saturated rings. The number of aromatic nitrogens is 1. The van der Waals surface area contributed by atoms with E-state index >= 15 is 0 Å². The number of carbonyl (C=O) groups is 2. The summed E-state index contributed by atoms with van der Waals surface area (Å²) in [7, 11) is 0.503. The second kappa shape index (κ2) is 10.9. The molecule has 1 aromatic heterocycles. The molecule has 0 radical (unpaired) electrons. The van der Waals surface area contributed by atoms with Crippen LogP contribution in [-0.4, -0.2) is 67.3 Å². The first-order valence-corrected chi connectivity index (χ1v) is 17.8. The lowest BCUT2D eigenvalue weighted by atomic mass is 9.81. The third kappa shape index (κ3) is 4.78. The Hall–Kier alpha value is -3.37. The monoisotopic (exact) mass is 632 g/mol. The van der Waals surface area contributed by atoms with Crippen molar-refractivity contribution in [1.82, 2.24) is 18.5 Å². The number of nitrogens with zero attached hydrogens (tertiary/aromatic N) is 3.